The SMILES string of the molecule is O=S(=O)(Nc1ccccc1-n1cnnn1)c1ccc(Br)s1. The molecule has 2 heterocycles. The van der Waals surface area contributed by atoms with Gasteiger partial charge in [-0.3, -0.25) is 4.72 Å². The summed E-state index contributed by atoms with van der Waals surface area (Å²) in [7, 11) is -3.65. The van der Waals surface area contributed by atoms with Crippen molar-refractivity contribution in [2.75, 3.05) is 4.72 Å². The van der Waals surface area contributed by atoms with E-state index in [1.807, 2.05) is 0 Å². The first-order valence-corrected chi connectivity index (χ1v) is 8.76. The lowest BCUT2D eigenvalue weighted by atomic mass is 10.3. The van der Waals surface area contributed by atoms with Gasteiger partial charge in [-0.2, -0.15) is 4.68 Å². The molecule has 0 saturated carbocycles. The first-order chi connectivity index (χ1) is 10.1. The predicted octanol–water partition coefficient (Wildman–Crippen LogP) is 2.29. The molecule has 0 saturated heterocycles. The molecule has 2 aromatic heterocycles. The second-order valence-electron chi connectivity index (χ2n) is 3.94. The molecule has 0 aliphatic carbocycles. The molecule has 0 bridgehead atoms. The molecule has 108 valence electrons. The third kappa shape index (κ3) is 2.96. The highest BCUT2D eigenvalue weighted by Gasteiger charge is 2.18. The van der Waals surface area contributed by atoms with Gasteiger partial charge in [-0.25, -0.2) is 8.42 Å². The Kier molecular flexibility index (Phi) is 3.74. The van der Waals surface area contributed by atoms with E-state index in [0.29, 0.717) is 11.4 Å². The van der Waals surface area contributed by atoms with Crippen LogP contribution in [0, 0.1) is 0 Å². The van der Waals surface area contributed by atoms with Gasteiger partial charge in [0.1, 0.15) is 10.5 Å². The van der Waals surface area contributed by atoms with Crippen molar-refractivity contribution in [3.05, 3.63) is 46.5 Å². The number of para-hydroxylation sites is 2. The molecule has 0 aliphatic rings. The Morgan fingerprint density at radius 3 is 2.67 bits per heavy atom. The maximum atomic E-state index is 12.4. The molecule has 0 fully saturated rings. The summed E-state index contributed by atoms with van der Waals surface area (Å²) in [5.41, 5.74) is 0.941. The first kappa shape index (κ1) is 14.2. The van der Waals surface area contributed by atoms with Gasteiger partial charge in [0.25, 0.3) is 10.0 Å². The number of sulfonamides is 1. The molecule has 10 heteroatoms. The quantitative estimate of drug-likeness (QED) is 0.743. The number of hydrogen-bond acceptors (Lipinski definition) is 6. The molecule has 0 amide bonds. The summed E-state index contributed by atoms with van der Waals surface area (Å²) in [6.07, 6.45) is 1.40. The molecule has 3 aromatic rings. The number of thiophene rings is 1. The molecule has 1 aromatic carbocycles. The highest BCUT2D eigenvalue weighted by molar-refractivity contribution is 9.11. The summed E-state index contributed by atoms with van der Waals surface area (Å²) in [5, 5.41) is 10.9. The van der Waals surface area contributed by atoms with Crippen LogP contribution in [0.5, 0.6) is 0 Å². The van der Waals surface area contributed by atoms with Crippen LogP contribution in [0.4, 0.5) is 5.69 Å². The van der Waals surface area contributed by atoms with Crippen LogP contribution in [0.1, 0.15) is 0 Å². The van der Waals surface area contributed by atoms with E-state index in [1.165, 1.54) is 17.1 Å². The van der Waals surface area contributed by atoms with E-state index in [0.717, 1.165) is 15.1 Å². The maximum Gasteiger partial charge on any atom is 0.271 e. The van der Waals surface area contributed by atoms with Crippen LogP contribution in [0.3, 0.4) is 0 Å². The Labute approximate surface area is 132 Å². The van der Waals surface area contributed by atoms with Crippen LogP contribution in [0.2, 0.25) is 0 Å². The van der Waals surface area contributed by atoms with Gasteiger partial charge in [0, 0.05) is 0 Å². The number of benzene rings is 1. The van der Waals surface area contributed by atoms with Gasteiger partial charge in [0.15, 0.2) is 0 Å². The van der Waals surface area contributed by atoms with Gasteiger partial charge in [-0.05, 0) is 50.6 Å². The Morgan fingerprint density at radius 1 is 1.19 bits per heavy atom. The van der Waals surface area contributed by atoms with Crippen molar-refractivity contribution in [1.29, 1.82) is 0 Å². The molecular formula is C11H8BrN5O2S2. The monoisotopic (exact) mass is 385 g/mol. The van der Waals surface area contributed by atoms with Crippen LogP contribution < -0.4 is 4.72 Å². The van der Waals surface area contributed by atoms with E-state index in [-0.39, 0.29) is 4.21 Å². The second-order valence-corrected chi connectivity index (χ2v) is 8.31. The third-order valence-corrected chi connectivity index (χ3v) is 6.04. The van der Waals surface area contributed by atoms with Crippen molar-refractivity contribution in [2.45, 2.75) is 4.21 Å². The predicted molar refractivity (Wildman–Crippen MR) is 82.0 cm³/mol. The van der Waals surface area contributed by atoms with Gasteiger partial charge >= 0.3 is 0 Å². The summed E-state index contributed by atoms with van der Waals surface area (Å²) < 4.78 is 29.6. The van der Waals surface area contributed by atoms with Crippen molar-refractivity contribution in [3.63, 3.8) is 0 Å². The molecule has 1 N–H and O–H groups in total. The summed E-state index contributed by atoms with van der Waals surface area (Å²) in [4.78, 5) is 0. The highest BCUT2D eigenvalue weighted by Crippen LogP contribution is 2.29. The van der Waals surface area contributed by atoms with Crippen LogP contribution in [-0.2, 0) is 10.0 Å². The molecule has 7 nitrogen and oxygen atoms in total. The molecule has 0 unspecified atom stereocenters. The minimum Gasteiger partial charge on any atom is -0.277 e. The number of nitrogens with zero attached hydrogens (tertiary/aromatic N) is 4. The fourth-order valence-corrected chi connectivity index (χ4v) is 4.75. The summed E-state index contributed by atoms with van der Waals surface area (Å²) in [6.45, 7) is 0. The van der Waals surface area contributed by atoms with E-state index in [2.05, 4.69) is 36.2 Å². The fourth-order valence-electron chi connectivity index (χ4n) is 1.67. The summed E-state index contributed by atoms with van der Waals surface area (Å²) in [5.74, 6) is 0. The molecule has 0 radical (unpaired) electrons. The first-order valence-electron chi connectivity index (χ1n) is 5.67. The van der Waals surface area contributed by atoms with Gasteiger partial charge in [0.05, 0.1) is 15.2 Å². The summed E-state index contributed by atoms with van der Waals surface area (Å²) in [6, 6.07) is 10.1. The fraction of sp³-hybridized carbons (Fsp3) is 0. The number of halogens is 1. The van der Waals surface area contributed by atoms with E-state index in [4.69, 9.17) is 0 Å². The van der Waals surface area contributed by atoms with E-state index in [1.54, 1.807) is 30.3 Å². The van der Waals surface area contributed by atoms with E-state index in [9.17, 15) is 8.42 Å². The van der Waals surface area contributed by atoms with Crippen molar-refractivity contribution in [1.82, 2.24) is 20.2 Å². The lowest BCUT2D eigenvalue weighted by molar-refractivity contribution is 0.603. The number of aromatic nitrogens is 4. The standard InChI is InChI=1S/C11H8BrN5O2S2/c12-10-5-6-11(20-10)21(18,19)14-8-3-1-2-4-9(8)17-7-13-15-16-17/h1-7,14H. The number of rotatable bonds is 4. The van der Waals surface area contributed by atoms with Crippen molar-refractivity contribution in [2.24, 2.45) is 0 Å². The number of hydrogen-bond donors (Lipinski definition) is 1. The Balaban J connectivity index is 1.99. The smallest absolute Gasteiger partial charge is 0.271 e. The van der Waals surface area contributed by atoms with Crippen LogP contribution in [-0.4, -0.2) is 28.6 Å². The molecule has 0 spiro atoms. The third-order valence-electron chi connectivity index (χ3n) is 2.56. The minimum atomic E-state index is -3.65. The van der Waals surface area contributed by atoms with Crippen LogP contribution >= 0.6 is 27.3 Å². The van der Waals surface area contributed by atoms with Crippen LogP contribution in [0.15, 0.2) is 50.7 Å². The number of tetrazole rings is 1. The van der Waals surface area contributed by atoms with Gasteiger partial charge in [-0.15, -0.1) is 16.4 Å². The number of anilines is 1. The zero-order valence-corrected chi connectivity index (χ0v) is 13.6. The highest BCUT2D eigenvalue weighted by atomic mass is 79.9. The van der Waals surface area contributed by atoms with E-state index >= 15 is 0 Å². The zero-order chi connectivity index (χ0) is 14.9. The number of nitrogens with one attached hydrogen (secondary N) is 1. The van der Waals surface area contributed by atoms with Crippen molar-refractivity contribution >= 4 is 43.0 Å². The average molecular weight is 386 g/mol. The molecule has 0 atom stereocenters. The minimum absolute atomic E-state index is 0.223. The van der Waals surface area contributed by atoms with Crippen molar-refractivity contribution in [3.8, 4) is 5.69 Å². The van der Waals surface area contributed by atoms with Gasteiger partial charge in [-0.1, -0.05) is 12.1 Å². The Morgan fingerprint density at radius 2 is 2.00 bits per heavy atom. The Hall–Kier alpha value is -1.78. The largest absolute Gasteiger partial charge is 0.277 e. The average Bonchev–Trinajstić information content (AvgIpc) is 3.10. The topological polar surface area (TPSA) is 89.8 Å². The zero-order valence-electron chi connectivity index (χ0n) is 10.3. The van der Waals surface area contributed by atoms with E-state index < -0.39 is 10.0 Å². The second kappa shape index (κ2) is 5.54. The Bertz CT molecular complexity index is 860. The normalized spacial score (nSPS) is 11.5. The molecule has 3 rings (SSSR count). The molecule has 21 heavy (non-hydrogen) atoms. The summed E-state index contributed by atoms with van der Waals surface area (Å²) >= 11 is 4.39. The molecule has 0 aliphatic heterocycles. The lowest BCUT2D eigenvalue weighted by Crippen LogP contribution is -2.13. The molecular weight excluding hydrogens is 378 g/mol. The lowest BCUT2D eigenvalue weighted by Gasteiger charge is -2.10. The maximum absolute atomic E-state index is 12.4. The van der Waals surface area contributed by atoms with Gasteiger partial charge in [0.2, 0.25) is 0 Å². The van der Waals surface area contributed by atoms with Crippen LogP contribution in [0.25, 0.3) is 5.69 Å². The van der Waals surface area contributed by atoms with Gasteiger partial charge < -0.3 is 0 Å². The van der Waals surface area contributed by atoms with Crippen molar-refractivity contribution < 1.29 is 8.42 Å².